The molecule has 0 N–H and O–H groups in total. The summed E-state index contributed by atoms with van der Waals surface area (Å²) in [6.45, 7) is 4.51. The number of hydrogen-bond donors (Lipinski definition) is 0. The van der Waals surface area contributed by atoms with E-state index >= 15 is 0 Å². The molecule has 3 aliphatic rings. The van der Waals surface area contributed by atoms with Gasteiger partial charge < -0.3 is 0 Å². The average Bonchev–Trinajstić information content (AvgIpc) is 2.59. The van der Waals surface area contributed by atoms with E-state index in [1.54, 1.807) is 33.4 Å². The lowest BCUT2D eigenvalue weighted by molar-refractivity contribution is 0.920. The quantitative estimate of drug-likeness (QED) is 0.532. The molecule has 3 aliphatic carbocycles. The van der Waals surface area contributed by atoms with Crippen LogP contribution in [-0.2, 0) is 0 Å². The fourth-order valence-electron chi connectivity index (χ4n) is 2.97. The summed E-state index contributed by atoms with van der Waals surface area (Å²) in [4.78, 5) is 0. The Labute approximate surface area is 85.7 Å². The predicted molar refractivity (Wildman–Crippen MR) is 60.0 cm³/mol. The topological polar surface area (TPSA) is 0 Å². The number of allylic oxidation sites excluding steroid dienone is 8. The first-order valence-electron chi connectivity index (χ1n) is 5.48. The van der Waals surface area contributed by atoms with Gasteiger partial charge in [-0.25, -0.2) is 0 Å². The Bertz CT molecular complexity index is 385. The number of hydrogen-bond acceptors (Lipinski definition) is 0. The maximum atomic E-state index is 2.40. The molecular weight excluding hydrogens is 168 g/mol. The third kappa shape index (κ3) is 1.13. The molecule has 14 heavy (non-hydrogen) atoms. The summed E-state index contributed by atoms with van der Waals surface area (Å²) in [6.07, 6.45) is 9.75. The van der Waals surface area contributed by atoms with E-state index in [-0.39, 0.29) is 0 Å². The van der Waals surface area contributed by atoms with Gasteiger partial charge in [0, 0.05) is 0 Å². The monoisotopic (exact) mass is 184 g/mol. The van der Waals surface area contributed by atoms with Crippen molar-refractivity contribution >= 4 is 0 Å². The standard InChI is InChI=1S/C14H16/c1-9-3-11-7-13-5-10(2)6-14(13)8-12(11)4-9/h3,5H,4,6-8H2,1-2H3. The minimum atomic E-state index is 1.21. The van der Waals surface area contributed by atoms with Crippen LogP contribution in [0.5, 0.6) is 0 Å². The van der Waals surface area contributed by atoms with Crippen LogP contribution in [0.1, 0.15) is 39.5 Å². The summed E-state index contributed by atoms with van der Waals surface area (Å²) in [5.41, 5.74) is 9.74. The van der Waals surface area contributed by atoms with Crippen LogP contribution in [-0.4, -0.2) is 0 Å². The van der Waals surface area contributed by atoms with Gasteiger partial charge in [-0.05, 0) is 50.7 Å². The van der Waals surface area contributed by atoms with Gasteiger partial charge in [0.05, 0.1) is 0 Å². The molecule has 0 spiro atoms. The van der Waals surface area contributed by atoms with Crippen LogP contribution in [0.4, 0.5) is 0 Å². The van der Waals surface area contributed by atoms with E-state index in [2.05, 4.69) is 26.0 Å². The zero-order valence-corrected chi connectivity index (χ0v) is 8.98. The molecule has 0 saturated carbocycles. The lowest BCUT2D eigenvalue weighted by Gasteiger charge is -2.16. The van der Waals surface area contributed by atoms with Crippen molar-refractivity contribution in [1.82, 2.24) is 0 Å². The normalized spacial score (nSPS) is 25.0. The van der Waals surface area contributed by atoms with Crippen molar-refractivity contribution in [1.29, 1.82) is 0 Å². The van der Waals surface area contributed by atoms with E-state index in [0.29, 0.717) is 0 Å². The van der Waals surface area contributed by atoms with E-state index < -0.39 is 0 Å². The zero-order valence-electron chi connectivity index (χ0n) is 8.98. The molecule has 0 atom stereocenters. The van der Waals surface area contributed by atoms with Gasteiger partial charge in [-0.1, -0.05) is 34.4 Å². The first kappa shape index (κ1) is 8.28. The molecule has 3 rings (SSSR count). The van der Waals surface area contributed by atoms with E-state index in [0.717, 1.165) is 0 Å². The molecule has 72 valence electrons. The van der Waals surface area contributed by atoms with Crippen molar-refractivity contribution in [2.45, 2.75) is 39.5 Å². The highest BCUT2D eigenvalue weighted by Crippen LogP contribution is 2.43. The molecule has 0 amide bonds. The van der Waals surface area contributed by atoms with Gasteiger partial charge in [0.15, 0.2) is 0 Å². The second kappa shape index (κ2) is 2.73. The summed E-state index contributed by atoms with van der Waals surface area (Å²) >= 11 is 0. The van der Waals surface area contributed by atoms with Gasteiger partial charge in [-0.3, -0.25) is 0 Å². The second-order valence-electron chi connectivity index (χ2n) is 4.95. The van der Waals surface area contributed by atoms with E-state index in [1.807, 2.05) is 0 Å². The summed E-state index contributed by atoms with van der Waals surface area (Å²) in [5.74, 6) is 0. The lowest BCUT2D eigenvalue weighted by atomic mass is 9.88. The van der Waals surface area contributed by atoms with Crippen LogP contribution in [0, 0.1) is 0 Å². The van der Waals surface area contributed by atoms with Crippen LogP contribution >= 0.6 is 0 Å². The molecule has 0 aromatic rings. The van der Waals surface area contributed by atoms with Crippen LogP contribution in [0.2, 0.25) is 0 Å². The van der Waals surface area contributed by atoms with E-state index in [1.165, 1.54) is 25.7 Å². The Morgan fingerprint density at radius 1 is 0.714 bits per heavy atom. The summed E-state index contributed by atoms with van der Waals surface area (Å²) in [7, 11) is 0. The molecule has 0 nitrogen and oxygen atoms in total. The molecule has 0 saturated heterocycles. The van der Waals surface area contributed by atoms with Crippen LogP contribution in [0.3, 0.4) is 0 Å². The van der Waals surface area contributed by atoms with Gasteiger partial charge in [0.1, 0.15) is 0 Å². The molecule has 0 heterocycles. The highest BCUT2D eigenvalue weighted by atomic mass is 14.3. The Morgan fingerprint density at radius 3 is 1.71 bits per heavy atom. The third-order valence-corrected chi connectivity index (χ3v) is 3.54. The summed E-state index contributed by atoms with van der Waals surface area (Å²) in [5, 5.41) is 0. The Kier molecular flexibility index (Phi) is 1.61. The van der Waals surface area contributed by atoms with Crippen molar-refractivity contribution in [2.75, 3.05) is 0 Å². The summed E-state index contributed by atoms with van der Waals surface area (Å²) < 4.78 is 0. The third-order valence-electron chi connectivity index (χ3n) is 3.54. The molecule has 0 aromatic carbocycles. The van der Waals surface area contributed by atoms with Gasteiger partial charge in [-0.2, -0.15) is 0 Å². The molecule has 0 fully saturated rings. The minimum Gasteiger partial charge on any atom is -0.0690 e. The van der Waals surface area contributed by atoms with E-state index in [4.69, 9.17) is 0 Å². The first-order valence-corrected chi connectivity index (χ1v) is 5.48. The first-order chi connectivity index (χ1) is 6.72. The highest BCUT2D eigenvalue weighted by molar-refractivity contribution is 5.53. The van der Waals surface area contributed by atoms with Crippen molar-refractivity contribution in [3.8, 4) is 0 Å². The highest BCUT2D eigenvalue weighted by Gasteiger charge is 2.24. The smallest absolute Gasteiger partial charge is 0.00262 e. The van der Waals surface area contributed by atoms with Crippen molar-refractivity contribution < 1.29 is 0 Å². The molecular formula is C14H16. The number of rotatable bonds is 0. The molecule has 0 radical (unpaired) electrons. The van der Waals surface area contributed by atoms with Crippen molar-refractivity contribution in [3.05, 3.63) is 45.6 Å². The maximum absolute atomic E-state index is 2.40. The predicted octanol–water partition coefficient (Wildman–Crippen LogP) is 4.07. The zero-order chi connectivity index (χ0) is 9.71. The second-order valence-corrected chi connectivity index (χ2v) is 4.95. The Hall–Kier alpha value is -1.04. The Morgan fingerprint density at radius 2 is 1.21 bits per heavy atom. The van der Waals surface area contributed by atoms with Gasteiger partial charge in [0.25, 0.3) is 0 Å². The van der Waals surface area contributed by atoms with Crippen LogP contribution in [0.15, 0.2) is 45.6 Å². The van der Waals surface area contributed by atoms with Crippen LogP contribution in [0.25, 0.3) is 0 Å². The molecule has 0 bridgehead atoms. The van der Waals surface area contributed by atoms with Crippen molar-refractivity contribution in [2.24, 2.45) is 0 Å². The molecule has 0 heteroatoms. The molecule has 0 unspecified atom stereocenters. The lowest BCUT2D eigenvalue weighted by Crippen LogP contribution is -1.98. The van der Waals surface area contributed by atoms with E-state index in [9.17, 15) is 0 Å². The van der Waals surface area contributed by atoms with Gasteiger partial charge in [0.2, 0.25) is 0 Å². The SMILES string of the molecule is CC1=CC2=C(C1)CC1=C(C=C(C)C1)C2. The largest absolute Gasteiger partial charge is 0.0690 e. The maximum Gasteiger partial charge on any atom is -0.00262 e. The molecule has 0 aliphatic heterocycles. The average molecular weight is 184 g/mol. The van der Waals surface area contributed by atoms with Gasteiger partial charge in [-0.15, -0.1) is 0 Å². The fraction of sp³-hybridized carbons (Fsp3) is 0.429. The molecule has 0 aromatic heterocycles. The van der Waals surface area contributed by atoms with Crippen molar-refractivity contribution in [3.63, 3.8) is 0 Å². The van der Waals surface area contributed by atoms with Gasteiger partial charge >= 0.3 is 0 Å². The Balaban J connectivity index is 1.90. The summed E-state index contributed by atoms with van der Waals surface area (Å²) in [6, 6.07) is 0. The fourth-order valence-corrected chi connectivity index (χ4v) is 2.97. The van der Waals surface area contributed by atoms with Crippen LogP contribution < -0.4 is 0 Å². The minimum absolute atomic E-state index is 1.21.